The fourth-order valence-corrected chi connectivity index (χ4v) is 4.56. The van der Waals surface area contributed by atoms with Gasteiger partial charge in [-0.05, 0) is 44.9 Å². The van der Waals surface area contributed by atoms with Crippen LogP contribution in [-0.2, 0) is 37.5 Å². The molecule has 0 fully saturated rings. The van der Waals surface area contributed by atoms with E-state index < -0.39 is 57.7 Å². The summed E-state index contributed by atoms with van der Waals surface area (Å²) in [5.74, 6) is -2.54. The Bertz CT molecular complexity index is 905. The topological polar surface area (TPSA) is 172 Å². The first-order valence-corrected chi connectivity index (χ1v) is 17.5. The first-order chi connectivity index (χ1) is 21.1. The van der Waals surface area contributed by atoms with Crippen LogP contribution in [0.5, 0.6) is 0 Å². The van der Waals surface area contributed by atoms with E-state index in [1.807, 2.05) is 24.3 Å². The third-order valence-electron chi connectivity index (χ3n) is 6.39. The first kappa shape index (κ1) is 41.7. The molecule has 0 aromatic carbocycles. The largest absolute Gasteiger partial charge is 0.480 e. The van der Waals surface area contributed by atoms with Crippen LogP contribution in [-0.4, -0.2) is 59.9 Å². The minimum Gasteiger partial charge on any atom is -0.480 e. The number of phosphoric acid groups is 1. The Morgan fingerprint density at radius 2 is 1.20 bits per heavy atom. The summed E-state index contributed by atoms with van der Waals surface area (Å²) in [5.41, 5.74) is 5.28. The van der Waals surface area contributed by atoms with Crippen molar-refractivity contribution < 1.29 is 47.5 Å². The fourth-order valence-electron chi connectivity index (χ4n) is 3.78. The van der Waals surface area contributed by atoms with Crippen LogP contribution in [0, 0.1) is 0 Å². The molecule has 44 heavy (non-hydrogen) atoms. The molecule has 0 aromatic heterocycles. The molecule has 0 saturated heterocycles. The molecule has 0 heterocycles. The van der Waals surface area contributed by atoms with Crippen molar-refractivity contribution in [3.8, 4) is 0 Å². The predicted octanol–water partition coefficient (Wildman–Crippen LogP) is 6.94. The highest BCUT2D eigenvalue weighted by Crippen LogP contribution is 2.43. The van der Waals surface area contributed by atoms with Crippen molar-refractivity contribution in [1.82, 2.24) is 0 Å². The summed E-state index contributed by atoms with van der Waals surface area (Å²) in [7, 11) is -4.72. The van der Waals surface area contributed by atoms with Crippen LogP contribution >= 0.6 is 7.82 Å². The lowest BCUT2D eigenvalue weighted by molar-refractivity contribution is -0.161. The molecule has 0 radical (unpaired) electrons. The van der Waals surface area contributed by atoms with Gasteiger partial charge in [-0.3, -0.25) is 23.4 Å². The maximum absolute atomic E-state index is 12.4. The Morgan fingerprint density at radius 1 is 0.705 bits per heavy atom. The van der Waals surface area contributed by atoms with E-state index in [9.17, 15) is 23.8 Å². The van der Waals surface area contributed by atoms with E-state index in [2.05, 4.69) is 30.5 Å². The van der Waals surface area contributed by atoms with Gasteiger partial charge in [0, 0.05) is 12.8 Å². The predicted molar refractivity (Wildman–Crippen MR) is 171 cm³/mol. The Hall–Kier alpha value is -2.30. The first-order valence-electron chi connectivity index (χ1n) is 16.0. The molecule has 254 valence electrons. The molecule has 0 bridgehead atoms. The molecule has 0 aromatic rings. The number of phosphoric ester groups is 1. The van der Waals surface area contributed by atoms with Gasteiger partial charge in [0.15, 0.2) is 6.10 Å². The summed E-state index contributed by atoms with van der Waals surface area (Å²) in [4.78, 5) is 45.2. The zero-order valence-electron chi connectivity index (χ0n) is 26.7. The van der Waals surface area contributed by atoms with Crippen molar-refractivity contribution in [3.63, 3.8) is 0 Å². The number of hydrogen-bond donors (Lipinski definition) is 3. The van der Waals surface area contributed by atoms with Gasteiger partial charge in [-0.15, -0.1) is 0 Å². The van der Waals surface area contributed by atoms with Crippen molar-refractivity contribution in [2.75, 3.05) is 19.8 Å². The molecular weight excluding hydrogens is 589 g/mol. The normalized spacial score (nSPS) is 14.6. The van der Waals surface area contributed by atoms with Crippen LogP contribution in [0.3, 0.4) is 0 Å². The number of ether oxygens (including phenoxy) is 2. The Labute approximate surface area is 263 Å². The lowest BCUT2D eigenvalue weighted by atomic mass is 10.1. The molecule has 0 spiro atoms. The van der Waals surface area contributed by atoms with Crippen molar-refractivity contribution >= 4 is 25.7 Å². The molecule has 3 atom stereocenters. The fraction of sp³-hybridized carbons (Fsp3) is 0.719. The summed E-state index contributed by atoms with van der Waals surface area (Å²) < 4.78 is 32.1. The van der Waals surface area contributed by atoms with Crippen LogP contribution in [0.1, 0.15) is 117 Å². The van der Waals surface area contributed by atoms with E-state index in [4.69, 9.17) is 24.8 Å². The summed E-state index contributed by atoms with van der Waals surface area (Å²) in [6, 6.07) is -1.53. The van der Waals surface area contributed by atoms with Crippen LogP contribution in [0.2, 0.25) is 0 Å². The number of carboxylic acids is 1. The van der Waals surface area contributed by atoms with Gasteiger partial charge in [0.2, 0.25) is 0 Å². The standard InChI is InChI=1S/C32H56NO10P/c1-3-5-7-9-11-12-13-14-15-16-18-20-22-24-31(35)43-28(26-41-44(38,39)42-27-29(33)32(36)37)25-40-30(34)23-21-19-17-10-8-6-4-2/h14-15,17-20,28-29H,3-13,16,21-27,33H2,1-2H3,(H,36,37)(H,38,39)/b15-14+,19-17+,20-18+/t28?,29-/m0/s1. The quantitative estimate of drug-likeness (QED) is 0.0333. The Morgan fingerprint density at radius 3 is 1.86 bits per heavy atom. The molecule has 0 aliphatic heterocycles. The minimum absolute atomic E-state index is 0.0476. The number of carbonyl (C=O) groups excluding carboxylic acids is 2. The molecule has 0 aliphatic rings. The zero-order valence-corrected chi connectivity index (χ0v) is 27.6. The van der Waals surface area contributed by atoms with Crippen LogP contribution in [0.15, 0.2) is 36.5 Å². The van der Waals surface area contributed by atoms with Crippen molar-refractivity contribution in [3.05, 3.63) is 36.5 Å². The average molecular weight is 646 g/mol. The van der Waals surface area contributed by atoms with E-state index in [-0.39, 0.29) is 12.8 Å². The molecule has 0 saturated carbocycles. The van der Waals surface area contributed by atoms with E-state index >= 15 is 0 Å². The van der Waals surface area contributed by atoms with E-state index in [0.29, 0.717) is 12.8 Å². The SMILES string of the molecule is CCCCC/C=C/CCC(=O)OCC(COP(=O)(O)OC[C@H](N)C(=O)O)OC(=O)CC/C=C/C/C=C/CCCCCCCC. The van der Waals surface area contributed by atoms with Crippen LogP contribution < -0.4 is 5.73 Å². The van der Waals surface area contributed by atoms with Crippen LogP contribution in [0.25, 0.3) is 0 Å². The molecular formula is C32H56NO10P. The van der Waals surface area contributed by atoms with Gasteiger partial charge < -0.3 is 25.2 Å². The number of hydrogen-bond acceptors (Lipinski definition) is 9. The number of nitrogens with two attached hydrogens (primary N) is 1. The smallest absolute Gasteiger partial charge is 0.472 e. The monoisotopic (exact) mass is 645 g/mol. The Kier molecular flexibility index (Phi) is 26.7. The molecule has 0 rings (SSSR count). The number of carboxylic acid groups (broad SMARTS) is 1. The highest BCUT2D eigenvalue weighted by Gasteiger charge is 2.28. The van der Waals surface area contributed by atoms with E-state index in [1.165, 1.54) is 38.5 Å². The maximum Gasteiger partial charge on any atom is 0.472 e. The second-order valence-corrected chi connectivity index (χ2v) is 12.0. The number of rotatable bonds is 29. The van der Waals surface area contributed by atoms with Crippen LogP contribution in [0.4, 0.5) is 0 Å². The second-order valence-electron chi connectivity index (χ2n) is 10.6. The number of esters is 2. The molecule has 12 heteroatoms. The van der Waals surface area contributed by atoms with Crippen molar-refractivity contribution in [2.45, 2.75) is 129 Å². The zero-order chi connectivity index (χ0) is 32.9. The van der Waals surface area contributed by atoms with Gasteiger partial charge in [-0.2, -0.15) is 0 Å². The van der Waals surface area contributed by atoms with Gasteiger partial charge in [0.1, 0.15) is 12.6 Å². The van der Waals surface area contributed by atoms with Crippen molar-refractivity contribution in [2.24, 2.45) is 5.73 Å². The van der Waals surface area contributed by atoms with Gasteiger partial charge in [-0.1, -0.05) is 95.2 Å². The number of aliphatic carboxylic acids is 1. The van der Waals surface area contributed by atoms with Gasteiger partial charge >= 0.3 is 25.7 Å². The average Bonchev–Trinajstić information content (AvgIpc) is 2.99. The third kappa shape index (κ3) is 27.3. The molecule has 2 unspecified atom stereocenters. The minimum atomic E-state index is -4.72. The highest BCUT2D eigenvalue weighted by atomic mass is 31.2. The molecule has 4 N–H and O–H groups in total. The lowest BCUT2D eigenvalue weighted by Crippen LogP contribution is -2.34. The molecule has 0 aliphatic carbocycles. The summed E-state index contributed by atoms with van der Waals surface area (Å²) in [6.45, 7) is 2.56. The second kappa shape index (κ2) is 28.2. The van der Waals surface area contributed by atoms with Gasteiger partial charge in [0.05, 0.1) is 13.2 Å². The van der Waals surface area contributed by atoms with Gasteiger partial charge in [-0.25, -0.2) is 4.57 Å². The van der Waals surface area contributed by atoms with E-state index in [1.54, 1.807) is 0 Å². The number of unbranched alkanes of at least 4 members (excludes halogenated alkanes) is 9. The maximum atomic E-state index is 12.4. The third-order valence-corrected chi connectivity index (χ3v) is 7.34. The Balaban J connectivity index is 4.66. The van der Waals surface area contributed by atoms with Crippen molar-refractivity contribution in [1.29, 1.82) is 0 Å². The summed E-state index contributed by atoms with van der Waals surface area (Å²) >= 11 is 0. The lowest BCUT2D eigenvalue weighted by Gasteiger charge is -2.20. The molecule has 0 amide bonds. The summed E-state index contributed by atoms with van der Waals surface area (Å²) in [6.07, 6.45) is 25.7. The highest BCUT2D eigenvalue weighted by molar-refractivity contribution is 7.47. The number of allylic oxidation sites excluding steroid dienone is 6. The number of carbonyl (C=O) groups is 3. The van der Waals surface area contributed by atoms with Gasteiger partial charge in [0.25, 0.3) is 0 Å². The van der Waals surface area contributed by atoms with E-state index in [0.717, 1.165) is 38.5 Å². The molecule has 11 nitrogen and oxygen atoms in total. The summed E-state index contributed by atoms with van der Waals surface area (Å²) in [5, 5.41) is 8.80.